The van der Waals surface area contributed by atoms with Crippen LogP contribution in [0.15, 0.2) is 12.4 Å². The Morgan fingerprint density at radius 2 is 2.11 bits per heavy atom. The first-order valence-corrected chi connectivity index (χ1v) is 12.2. The third kappa shape index (κ3) is 4.11. The third-order valence-corrected chi connectivity index (χ3v) is 7.28. The fraction of sp³-hybridized carbons (Fsp3) is 0.458. The summed E-state index contributed by atoms with van der Waals surface area (Å²) in [6.45, 7) is 8.76. The van der Waals surface area contributed by atoms with Crippen molar-refractivity contribution in [1.82, 2.24) is 29.5 Å². The Labute approximate surface area is 213 Å². The Kier molecular flexibility index (Phi) is 6.20. The number of carbonyl (C=O) groups is 1. The first kappa shape index (κ1) is 24.2. The van der Waals surface area contributed by atoms with Gasteiger partial charge in [-0.25, -0.2) is 14.6 Å². The predicted molar refractivity (Wildman–Crippen MR) is 134 cm³/mol. The summed E-state index contributed by atoms with van der Waals surface area (Å²) in [5.74, 6) is 0.686. The highest BCUT2D eigenvalue weighted by molar-refractivity contribution is 6.32. The van der Waals surface area contributed by atoms with Gasteiger partial charge in [-0.2, -0.15) is 10.4 Å². The van der Waals surface area contributed by atoms with Gasteiger partial charge in [0.1, 0.15) is 30.1 Å². The first-order chi connectivity index (χ1) is 17.2. The molecule has 36 heavy (non-hydrogen) atoms. The Balaban J connectivity index is 1.55. The molecular weight excluding hydrogens is 482 g/mol. The van der Waals surface area contributed by atoms with Crippen LogP contribution in [0, 0.1) is 18.3 Å². The number of nitrogens with zero attached hydrogens (tertiary/aromatic N) is 7. The summed E-state index contributed by atoms with van der Waals surface area (Å²) >= 11 is 6.66. The molecule has 0 aliphatic carbocycles. The van der Waals surface area contributed by atoms with Crippen LogP contribution < -0.4 is 16.2 Å². The smallest absolute Gasteiger partial charge is 0.231 e. The number of hydrogen-bond acceptors (Lipinski definition) is 9. The zero-order valence-corrected chi connectivity index (χ0v) is 21.2. The van der Waals surface area contributed by atoms with Gasteiger partial charge in [0.25, 0.3) is 0 Å². The lowest BCUT2D eigenvalue weighted by molar-refractivity contribution is -0.121. The van der Waals surface area contributed by atoms with E-state index >= 15 is 0 Å². The van der Waals surface area contributed by atoms with E-state index in [0.29, 0.717) is 46.3 Å². The number of rotatable bonds is 5. The van der Waals surface area contributed by atoms with Gasteiger partial charge in [-0.3, -0.25) is 14.6 Å². The van der Waals surface area contributed by atoms with Crippen molar-refractivity contribution in [1.29, 1.82) is 5.26 Å². The summed E-state index contributed by atoms with van der Waals surface area (Å²) in [5.41, 5.74) is 14.8. The number of amides is 1. The number of nitrogen functional groups attached to an aromatic ring is 1. The molecule has 12 heteroatoms. The van der Waals surface area contributed by atoms with Crippen molar-refractivity contribution in [3.05, 3.63) is 39.8 Å². The molecule has 2 unspecified atom stereocenters. The number of fused-ring (bicyclic) bond motifs is 2. The summed E-state index contributed by atoms with van der Waals surface area (Å²) in [6.07, 6.45) is 1.29. The minimum atomic E-state index is -0.336. The molecule has 3 aromatic rings. The van der Waals surface area contributed by atoms with Gasteiger partial charge in [0, 0.05) is 43.3 Å². The number of hydrogen-bond donors (Lipinski definition) is 2. The van der Waals surface area contributed by atoms with Crippen LogP contribution in [0.3, 0.4) is 0 Å². The van der Waals surface area contributed by atoms with Crippen molar-refractivity contribution >= 4 is 34.4 Å². The molecule has 4 N–H and O–H groups in total. The molecule has 188 valence electrons. The number of likely N-dealkylation sites (tertiary alicyclic amines) is 1. The predicted octanol–water partition coefficient (Wildman–Crippen LogP) is 1.60. The van der Waals surface area contributed by atoms with Gasteiger partial charge in [0.2, 0.25) is 5.91 Å². The van der Waals surface area contributed by atoms with Crippen LogP contribution in [-0.2, 0) is 11.3 Å². The molecule has 2 aliphatic rings. The molecule has 5 rings (SSSR count). The number of aromatic nitrogens is 4. The van der Waals surface area contributed by atoms with E-state index in [2.05, 4.69) is 20.9 Å². The normalized spacial score (nSPS) is 19.7. The van der Waals surface area contributed by atoms with Gasteiger partial charge in [-0.15, -0.1) is 0 Å². The maximum Gasteiger partial charge on any atom is 0.231 e. The van der Waals surface area contributed by atoms with E-state index in [4.69, 9.17) is 32.9 Å². The number of primary amides is 1. The number of carbonyl (C=O) groups excluding carboxylic acids is 1. The van der Waals surface area contributed by atoms with Crippen LogP contribution in [-0.4, -0.2) is 73.8 Å². The Bertz CT molecular complexity index is 1390. The highest BCUT2D eigenvalue weighted by atomic mass is 35.5. The summed E-state index contributed by atoms with van der Waals surface area (Å²) in [5, 5.41) is 15.8. The van der Waals surface area contributed by atoms with Gasteiger partial charge in [0.15, 0.2) is 5.65 Å². The van der Waals surface area contributed by atoms with Crippen LogP contribution in [0.25, 0.3) is 11.0 Å². The number of ether oxygens (including phenoxy) is 1. The average Bonchev–Trinajstić information content (AvgIpc) is 3.04. The summed E-state index contributed by atoms with van der Waals surface area (Å²) in [6, 6.07) is 3.99. The SMILES string of the molecule is Cc1nn(C(C)c2cc(Cl)c(C#N)c3c2OC(C)CN(C2CN(CC(N)=O)C2)C3)c2ncnc(N)c12. The van der Waals surface area contributed by atoms with Gasteiger partial charge in [-0.1, -0.05) is 11.6 Å². The van der Waals surface area contributed by atoms with Gasteiger partial charge >= 0.3 is 0 Å². The maximum absolute atomic E-state index is 11.3. The van der Waals surface area contributed by atoms with Gasteiger partial charge in [-0.05, 0) is 26.8 Å². The molecule has 2 aliphatic heterocycles. The van der Waals surface area contributed by atoms with Crippen LogP contribution in [0.4, 0.5) is 5.82 Å². The quantitative estimate of drug-likeness (QED) is 0.522. The second kappa shape index (κ2) is 9.20. The van der Waals surface area contributed by atoms with E-state index < -0.39 is 0 Å². The topological polar surface area (TPSA) is 152 Å². The lowest BCUT2D eigenvalue weighted by Crippen LogP contribution is -2.61. The van der Waals surface area contributed by atoms with E-state index in [0.717, 1.165) is 29.9 Å². The average molecular weight is 510 g/mol. The highest BCUT2D eigenvalue weighted by Gasteiger charge is 2.37. The van der Waals surface area contributed by atoms with Crippen molar-refractivity contribution in [3.8, 4) is 11.8 Å². The number of nitriles is 1. The summed E-state index contributed by atoms with van der Waals surface area (Å²) in [7, 11) is 0. The molecular formula is C24H28ClN9O2. The summed E-state index contributed by atoms with van der Waals surface area (Å²) in [4.78, 5) is 24.1. The fourth-order valence-electron chi connectivity index (χ4n) is 5.24. The summed E-state index contributed by atoms with van der Waals surface area (Å²) < 4.78 is 8.27. The Morgan fingerprint density at radius 1 is 1.36 bits per heavy atom. The Morgan fingerprint density at radius 3 is 2.81 bits per heavy atom. The molecule has 0 saturated carbocycles. The van der Waals surface area contributed by atoms with E-state index in [1.807, 2.05) is 25.7 Å². The second-order valence-corrected chi connectivity index (χ2v) is 9.98. The zero-order valence-electron chi connectivity index (χ0n) is 20.4. The zero-order chi connectivity index (χ0) is 25.7. The second-order valence-electron chi connectivity index (χ2n) is 9.58. The number of halogens is 1. The molecule has 0 radical (unpaired) electrons. The molecule has 1 fully saturated rings. The largest absolute Gasteiger partial charge is 0.489 e. The molecule has 2 aromatic heterocycles. The van der Waals surface area contributed by atoms with E-state index in [9.17, 15) is 10.1 Å². The van der Waals surface area contributed by atoms with Crippen molar-refractivity contribution < 1.29 is 9.53 Å². The van der Waals surface area contributed by atoms with Crippen molar-refractivity contribution in [2.75, 3.05) is 31.9 Å². The number of aryl methyl sites for hydroxylation is 1. The molecule has 0 bridgehead atoms. The number of benzene rings is 1. The lowest BCUT2D eigenvalue weighted by atomic mass is 9.97. The minimum absolute atomic E-state index is 0.135. The van der Waals surface area contributed by atoms with Crippen LogP contribution in [0.1, 0.15) is 42.3 Å². The van der Waals surface area contributed by atoms with Crippen molar-refractivity contribution in [2.45, 2.75) is 45.5 Å². The van der Waals surface area contributed by atoms with Crippen LogP contribution >= 0.6 is 11.6 Å². The van der Waals surface area contributed by atoms with Gasteiger partial charge < -0.3 is 16.2 Å². The van der Waals surface area contributed by atoms with Crippen LogP contribution in [0.2, 0.25) is 5.02 Å². The number of nitrogens with two attached hydrogens (primary N) is 2. The fourth-order valence-corrected chi connectivity index (χ4v) is 5.51. The molecule has 11 nitrogen and oxygen atoms in total. The van der Waals surface area contributed by atoms with E-state index in [-0.39, 0.29) is 30.6 Å². The highest BCUT2D eigenvalue weighted by Crippen LogP contribution is 2.41. The molecule has 4 heterocycles. The molecule has 1 amide bonds. The van der Waals surface area contributed by atoms with E-state index in [1.165, 1.54) is 6.33 Å². The monoisotopic (exact) mass is 509 g/mol. The molecule has 1 saturated heterocycles. The number of anilines is 1. The van der Waals surface area contributed by atoms with E-state index in [1.54, 1.807) is 10.7 Å². The van der Waals surface area contributed by atoms with Crippen molar-refractivity contribution in [3.63, 3.8) is 0 Å². The third-order valence-electron chi connectivity index (χ3n) is 6.99. The Hall–Kier alpha value is -3.46. The standard InChI is InChI=1S/C24H28ClN9O2/c1-12-6-33(15-7-32(8-15)10-20(27)35)9-18-17(5-26)19(25)4-16(22(18)36-12)14(3)34-24-21(13(2)31-34)23(28)29-11-30-24/h4,11-12,14-15H,6-10H2,1-3H3,(H2,27,35)(H2,28,29,30). The maximum atomic E-state index is 11.3. The minimum Gasteiger partial charge on any atom is -0.489 e. The van der Waals surface area contributed by atoms with Crippen LogP contribution in [0.5, 0.6) is 5.75 Å². The van der Waals surface area contributed by atoms with Gasteiger partial charge in [0.05, 0.1) is 34.3 Å². The lowest BCUT2D eigenvalue weighted by Gasteiger charge is -2.45. The molecule has 2 atom stereocenters. The van der Waals surface area contributed by atoms with Crippen molar-refractivity contribution in [2.24, 2.45) is 5.73 Å². The first-order valence-electron chi connectivity index (χ1n) is 11.8. The molecule has 0 spiro atoms. The molecule has 1 aromatic carbocycles.